The van der Waals surface area contributed by atoms with E-state index in [4.69, 9.17) is 0 Å². The highest BCUT2D eigenvalue weighted by molar-refractivity contribution is 5.94. The molecule has 0 saturated heterocycles. The Hall–Kier alpha value is -2.73. The number of aliphatic hydroxyl groups excluding tert-OH is 1. The number of hydrogen-bond donors (Lipinski definition) is 1. The van der Waals surface area contributed by atoms with E-state index in [1.165, 1.54) is 30.5 Å². The molecule has 0 amide bonds. The third-order valence-corrected chi connectivity index (χ3v) is 3.72. The topological polar surface area (TPSA) is 60.0 Å². The molecule has 0 bridgehead atoms. The molecular formula is C17H16FN3O2. The van der Waals surface area contributed by atoms with Crippen LogP contribution in [0.2, 0.25) is 0 Å². The summed E-state index contributed by atoms with van der Waals surface area (Å²) in [5.41, 5.74) is 1.10. The van der Waals surface area contributed by atoms with Crippen LogP contribution in [-0.2, 0) is 13.6 Å². The van der Waals surface area contributed by atoms with Gasteiger partial charge in [-0.2, -0.15) is 0 Å². The lowest BCUT2D eigenvalue weighted by Gasteiger charge is -2.13. The van der Waals surface area contributed by atoms with Gasteiger partial charge < -0.3 is 14.2 Å². The fourth-order valence-electron chi connectivity index (χ4n) is 2.48. The predicted octanol–water partition coefficient (Wildman–Crippen LogP) is 2.33. The number of carbonyl (C=O) groups excluding carboxylic acids is 1. The van der Waals surface area contributed by atoms with Gasteiger partial charge in [-0.15, -0.1) is 0 Å². The van der Waals surface area contributed by atoms with Gasteiger partial charge in [0.05, 0.1) is 12.2 Å². The number of rotatable bonds is 5. The van der Waals surface area contributed by atoms with Gasteiger partial charge in [0.2, 0.25) is 0 Å². The molecule has 23 heavy (non-hydrogen) atoms. The van der Waals surface area contributed by atoms with E-state index in [-0.39, 0.29) is 18.1 Å². The van der Waals surface area contributed by atoms with E-state index in [1.54, 1.807) is 40.7 Å². The molecule has 0 radical (unpaired) electrons. The van der Waals surface area contributed by atoms with Gasteiger partial charge >= 0.3 is 0 Å². The maximum Gasteiger partial charge on any atom is 0.198 e. The van der Waals surface area contributed by atoms with Gasteiger partial charge in [0, 0.05) is 25.6 Å². The minimum absolute atomic E-state index is 0.0748. The predicted molar refractivity (Wildman–Crippen MR) is 82.4 cm³/mol. The largest absolute Gasteiger partial charge is 0.380 e. The Kier molecular flexibility index (Phi) is 4.08. The molecule has 1 aromatic carbocycles. The molecule has 0 aliphatic carbocycles. The molecule has 1 atom stereocenters. The fourth-order valence-corrected chi connectivity index (χ4v) is 2.48. The second kappa shape index (κ2) is 6.18. The van der Waals surface area contributed by atoms with Crippen LogP contribution in [0.25, 0.3) is 0 Å². The van der Waals surface area contributed by atoms with E-state index in [9.17, 15) is 14.3 Å². The Bertz CT molecular complexity index is 820. The maximum atomic E-state index is 13.0. The number of aromatic nitrogens is 3. The molecule has 0 spiro atoms. The van der Waals surface area contributed by atoms with Crippen molar-refractivity contribution >= 4 is 5.78 Å². The summed E-state index contributed by atoms with van der Waals surface area (Å²) in [4.78, 5) is 16.5. The first-order valence-electron chi connectivity index (χ1n) is 7.15. The van der Waals surface area contributed by atoms with Crippen molar-refractivity contribution in [2.24, 2.45) is 7.05 Å². The van der Waals surface area contributed by atoms with Gasteiger partial charge in [-0.1, -0.05) is 12.1 Å². The van der Waals surface area contributed by atoms with E-state index < -0.39 is 6.10 Å². The van der Waals surface area contributed by atoms with E-state index in [0.717, 1.165) is 0 Å². The standard InChI is InChI=1S/C17H16FN3O2/c1-20-9-2-3-14(20)15(22)11-21-10-8-19-17(21)16(23)12-4-6-13(18)7-5-12/h2-10,16,23H,11H2,1H3/t16-/m1/s1. The number of aryl methyl sites for hydroxylation is 1. The molecule has 0 aliphatic heterocycles. The molecule has 2 aromatic heterocycles. The number of halogens is 1. The Balaban J connectivity index is 1.83. The highest BCUT2D eigenvalue weighted by Crippen LogP contribution is 2.21. The summed E-state index contributed by atoms with van der Waals surface area (Å²) >= 11 is 0. The lowest BCUT2D eigenvalue weighted by Crippen LogP contribution is -2.17. The van der Waals surface area contributed by atoms with Crippen molar-refractivity contribution in [1.82, 2.24) is 14.1 Å². The van der Waals surface area contributed by atoms with E-state index in [2.05, 4.69) is 4.98 Å². The number of imidazole rings is 1. The Morgan fingerprint density at radius 2 is 2.00 bits per heavy atom. The monoisotopic (exact) mass is 313 g/mol. The van der Waals surface area contributed by atoms with Crippen LogP contribution in [-0.4, -0.2) is 25.0 Å². The van der Waals surface area contributed by atoms with Gasteiger partial charge in [-0.3, -0.25) is 4.79 Å². The van der Waals surface area contributed by atoms with Crippen LogP contribution in [0.5, 0.6) is 0 Å². The normalized spacial score (nSPS) is 12.3. The number of carbonyl (C=O) groups is 1. The molecule has 2 heterocycles. The number of hydrogen-bond acceptors (Lipinski definition) is 3. The van der Waals surface area contributed by atoms with Crippen LogP contribution < -0.4 is 0 Å². The summed E-state index contributed by atoms with van der Waals surface area (Å²) < 4.78 is 16.3. The number of ketones is 1. The summed E-state index contributed by atoms with van der Waals surface area (Å²) in [5.74, 6) is -0.106. The second-order valence-electron chi connectivity index (χ2n) is 5.29. The van der Waals surface area contributed by atoms with Crippen molar-refractivity contribution in [3.05, 3.63) is 77.9 Å². The van der Waals surface area contributed by atoms with Crippen LogP contribution >= 0.6 is 0 Å². The van der Waals surface area contributed by atoms with Gasteiger partial charge in [-0.05, 0) is 29.8 Å². The van der Waals surface area contributed by atoms with Gasteiger partial charge in [0.1, 0.15) is 17.7 Å². The average Bonchev–Trinajstić information content (AvgIpc) is 3.16. The minimum Gasteiger partial charge on any atom is -0.380 e. The summed E-state index contributed by atoms with van der Waals surface area (Å²) in [6.07, 6.45) is 3.95. The maximum absolute atomic E-state index is 13.0. The lowest BCUT2D eigenvalue weighted by molar-refractivity contribution is 0.0959. The van der Waals surface area contributed by atoms with Crippen molar-refractivity contribution in [2.45, 2.75) is 12.6 Å². The SMILES string of the molecule is Cn1cccc1C(=O)Cn1ccnc1[C@H](O)c1ccc(F)cc1. The molecule has 0 saturated carbocycles. The smallest absolute Gasteiger partial charge is 0.198 e. The molecule has 0 fully saturated rings. The van der Waals surface area contributed by atoms with E-state index >= 15 is 0 Å². The molecule has 1 N–H and O–H groups in total. The lowest BCUT2D eigenvalue weighted by atomic mass is 10.1. The van der Waals surface area contributed by atoms with Crippen LogP contribution in [0.15, 0.2) is 55.0 Å². The minimum atomic E-state index is -1.02. The Morgan fingerprint density at radius 1 is 1.26 bits per heavy atom. The van der Waals surface area contributed by atoms with Crippen molar-refractivity contribution < 1.29 is 14.3 Å². The van der Waals surface area contributed by atoms with Crippen LogP contribution in [0, 0.1) is 5.82 Å². The first-order valence-corrected chi connectivity index (χ1v) is 7.15. The number of aliphatic hydroxyl groups is 1. The van der Waals surface area contributed by atoms with Gasteiger partial charge in [0.15, 0.2) is 5.78 Å². The summed E-state index contributed by atoms with van der Waals surface area (Å²) in [5, 5.41) is 10.4. The Morgan fingerprint density at radius 3 is 2.65 bits per heavy atom. The zero-order valence-electron chi connectivity index (χ0n) is 12.6. The van der Waals surface area contributed by atoms with Gasteiger partial charge in [-0.25, -0.2) is 9.37 Å². The third-order valence-electron chi connectivity index (χ3n) is 3.72. The van der Waals surface area contributed by atoms with Crippen molar-refractivity contribution in [3.8, 4) is 0 Å². The van der Waals surface area contributed by atoms with E-state index in [1.807, 2.05) is 0 Å². The third kappa shape index (κ3) is 3.07. The second-order valence-corrected chi connectivity index (χ2v) is 5.29. The molecule has 0 unspecified atom stereocenters. The molecule has 6 heteroatoms. The molecular weight excluding hydrogens is 297 g/mol. The fraction of sp³-hybridized carbons (Fsp3) is 0.176. The summed E-state index contributed by atoms with van der Waals surface area (Å²) in [6.45, 7) is 0.0748. The number of benzene rings is 1. The van der Waals surface area contributed by atoms with Crippen LogP contribution in [0.4, 0.5) is 4.39 Å². The molecule has 3 rings (SSSR count). The first kappa shape index (κ1) is 15.2. The average molecular weight is 313 g/mol. The molecule has 118 valence electrons. The van der Waals surface area contributed by atoms with E-state index in [0.29, 0.717) is 17.1 Å². The van der Waals surface area contributed by atoms with Crippen molar-refractivity contribution in [2.75, 3.05) is 0 Å². The van der Waals surface area contributed by atoms with Gasteiger partial charge in [0.25, 0.3) is 0 Å². The number of nitrogens with zero attached hydrogens (tertiary/aromatic N) is 3. The zero-order valence-corrected chi connectivity index (χ0v) is 12.6. The first-order chi connectivity index (χ1) is 11.1. The van der Waals surface area contributed by atoms with Crippen molar-refractivity contribution in [1.29, 1.82) is 0 Å². The highest BCUT2D eigenvalue weighted by Gasteiger charge is 2.19. The quantitative estimate of drug-likeness (QED) is 0.735. The molecule has 3 aromatic rings. The summed E-state index contributed by atoms with van der Waals surface area (Å²) in [7, 11) is 1.80. The Labute approximate surface area is 132 Å². The van der Waals surface area contributed by atoms with Crippen LogP contribution in [0.3, 0.4) is 0 Å². The molecule has 5 nitrogen and oxygen atoms in total. The number of Topliss-reactive ketones (excluding diaryl/α,β-unsaturated/α-hetero) is 1. The van der Waals surface area contributed by atoms with Crippen LogP contribution in [0.1, 0.15) is 28.0 Å². The summed E-state index contributed by atoms with van der Waals surface area (Å²) in [6, 6.07) is 9.10. The van der Waals surface area contributed by atoms with Crippen molar-refractivity contribution in [3.63, 3.8) is 0 Å². The highest BCUT2D eigenvalue weighted by atomic mass is 19.1. The molecule has 0 aliphatic rings. The zero-order chi connectivity index (χ0) is 16.4.